The fourth-order valence-corrected chi connectivity index (χ4v) is 1.42. The maximum Gasteiger partial charge on any atom is 0.123 e. The molecule has 0 radical (unpaired) electrons. The molecule has 0 aliphatic rings. The van der Waals surface area contributed by atoms with Gasteiger partial charge in [-0.3, -0.25) is 0 Å². The first-order chi connectivity index (χ1) is 8.63. The predicted molar refractivity (Wildman–Crippen MR) is 79.3 cm³/mol. The van der Waals surface area contributed by atoms with Crippen LogP contribution in [0.2, 0.25) is 0 Å². The molecule has 0 bridgehead atoms. The predicted octanol–water partition coefficient (Wildman–Crippen LogP) is 4.00. The third-order valence-electron chi connectivity index (χ3n) is 2.59. The Labute approximate surface area is 109 Å². The third kappa shape index (κ3) is 4.83. The number of nitrogens with zero attached hydrogens (tertiary/aromatic N) is 1. The molecule has 2 heteroatoms. The van der Waals surface area contributed by atoms with Crippen molar-refractivity contribution in [2.45, 2.75) is 20.8 Å². The van der Waals surface area contributed by atoms with E-state index in [-0.39, 0.29) is 0 Å². The second kappa shape index (κ2) is 7.28. The van der Waals surface area contributed by atoms with Crippen molar-refractivity contribution in [3.63, 3.8) is 0 Å². The van der Waals surface area contributed by atoms with Gasteiger partial charge in [-0.15, -0.1) is 0 Å². The lowest BCUT2D eigenvalue weighted by Gasteiger charge is -1.93. The largest absolute Gasteiger partial charge is 0.384 e. The van der Waals surface area contributed by atoms with E-state index < -0.39 is 0 Å². The molecule has 2 nitrogen and oxygen atoms in total. The monoisotopic (exact) mass is 240 g/mol. The van der Waals surface area contributed by atoms with Crippen LogP contribution in [0.3, 0.4) is 0 Å². The van der Waals surface area contributed by atoms with Crippen molar-refractivity contribution >= 4 is 11.9 Å². The van der Waals surface area contributed by atoms with Crippen LogP contribution in [0, 0.1) is 13.8 Å². The Balaban J connectivity index is 0.000000184. The molecule has 1 aromatic carbocycles. The molecule has 0 aliphatic carbocycles. The van der Waals surface area contributed by atoms with E-state index >= 15 is 0 Å². The molecule has 0 saturated carbocycles. The van der Waals surface area contributed by atoms with Gasteiger partial charge in [0.1, 0.15) is 5.82 Å². The van der Waals surface area contributed by atoms with Gasteiger partial charge >= 0.3 is 0 Å². The first-order valence-corrected chi connectivity index (χ1v) is 6.00. The molecule has 94 valence electrons. The fourth-order valence-electron chi connectivity index (χ4n) is 1.42. The summed E-state index contributed by atoms with van der Waals surface area (Å²) < 4.78 is 0. The number of benzene rings is 1. The summed E-state index contributed by atoms with van der Waals surface area (Å²) in [5, 5.41) is 0. The van der Waals surface area contributed by atoms with Crippen LogP contribution in [0.5, 0.6) is 0 Å². The highest BCUT2D eigenvalue weighted by molar-refractivity contribution is 5.52. The first kappa shape index (κ1) is 14.0. The number of nitrogen functional groups attached to an aromatic ring is 1. The number of aryl methyl sites for hydroxylation is 2. The minimum atomic E-state index is 0.565. The maximum atomic E-state index is 5.44. The SMILES string of the molecule is C/C=C/c1ccnc(N)c1.Cc1ccccc1C. The Bertz CT molecular complexity index is 495. The average Bonchev–Trinajstić information content (AvgIpc) is 2.34. The Morgan fingerprint density at radius 1 is 1.06 bits per heavy atom. The summed E-state index contributed by atoms with van der Waals surface area (Å²) in [4.78, 5) is 3.87. The highest BCUT2D eigenvalue weighted by atomic mass is 14.8. The van der Waals surface area contributed by atoms with E-state index in [0.717, 1.165) is 5.56 Å². The van der Waals surface area contributed by atoms with Crippen molar-refractivity contribution in [2.24, 2.45) is 0 Å². The summed E-state index contributed by atoms with van der Waals surface area (Å²) in [6, 6.07) is 12.1. The van der Waals surface area contributed by atoms with Crippen molar-refractivity contribution in [3.8, 4) is 0 Å². The van der Waals surface area contributed by atoms with Gasteiger partial charge in [0.15, 0.2) is 0 Å². The maximum absolute atomic E-state index is 5.44. The van der Waals surface area contributed by atoms with Gasteiger partial charge in [0, 0.05) is 6.20 Å². The molecule has 0 fully saturated rings. The van der Waals surface area contributed by atoms with Gasteiger partial charge in [0.25, 0.3) is 0 Å². The molecule has 0 aliphatic heterocycles. The van der Waals surface area contributed by atoms with E-state index in [1.54, 1.807) is 6.20 Å². The summed E-state index contributed by atoms with van der Waals surface area (Å²) in [5.74, 6) is 0.565. The van der Waals surface area contributed by atoms with Crippen LogP contribution in [0.25, 0.3) is 6.08 Å². The zero-order valence-corrected chi connectivity index (χ0v) is 11.2. The molecule has 0 amide bonds. The van der Waals surface area contributed by atoms with E-state index in [2.05, 4.69) is 43.1 Å². The van der Waals surface area contributed by atoms with Crippen LogP contribution in [-0.2, 0) is 0 Å². The lowest BCUT2D eigenvalue weighted by Crippen LogP contribution is -1.88. The summed E-state index contributed by atoms with van der Waals surface area (Å²) in [6.07, 6.45) is 5.65. The van der Waals surface area contributed by atoms with Crippen LogP contribution in [-0.4, -0.2) is 4.98 Å². The second-order valence-electron chi connectivity index (χ2n) is 4.10. The number of anilines is 1. The van der Waals surface area contributed by atoms with Gasteiger partial charge < -0.3 is 5.73 Å². The Morgan fingerprint density at radius 2 is 1.67 bits per heavy atom. The first-order valence-electron chi connectivity index (χ1n) is 6.00. The molecule has 2 aromatic rings. The molecule has 1 aromatic heterocycles. The standard InChI is InChI=1S/C8H10N2.C8H10/c1-2-3-7-4-5-10-8(9)6-7;1-7-5-3-4-6-8(7)2/h2-6H,1H3,(H2,9,10);3-6H,1-2H3/b3-2+;. The highest BCUT2D eigenvalue weighted by Gasteiger charge is 1.86. The zero-order chi connectivity index (χ0) is 13.4. The van der Waals surface area contributed by atoms with Gasteiger partial charge in [-0.2, -0.15) is 0 Å². The van der Waals surface area contributed by atoms with Gasteiger partial charge in [0.05, 0.1) is 0 Å². The van der Waals surface area contributed by atoms with Crippen LogP contribution in [0.1, 0.15) is 23.6 Å². The van der Waals surface area contributed by atoms with Crippen molar-refractivity contribution in [1.82, 2.24) is 4.98 Å². The number of allylic oxidation sites excluding steroid dienone is 1. The molecule has 0 unspecified atom stereocenters. The Morgan fingerprint density at radius 3 is 2.11 bits per heavy atom. The molecule has 0 saturated heterocycles. The summed E-state index contributed by atoms with van der Waals surface area (Å²) in [7, 11) is 0. The number of rotatable bonds is 1. The Hall–Kier alpha value is -2.09. The molecule has 2 rings (SSSR count). The van der Waals surface area contributed by atoms with Gasteiger partial charge in [-0.05, 0) is 49.6 Å². The molecule has 2 N–H and O–H groups in total. The number of pyridine rings is 1. The van der Waals surface area contributed by atoms with Gasteiger partial charge in [-0.25, -0.2) is 4.98 Å². The van der Waals surface area contributed by atoms with Gasteiger partial charge in [-0.1, -0.05) is 36.4 Å². The van der Waals surface area contributed by atoms with Crippen LogP contribution < -0.4 is 5.73 Å². The molecular formula is C16H20N2. The number of hydrogen-bond acceptors (Lipinski definition) is 2. The van der Waals surface area contributed by atoms with Gasteiger partial charge in [0.2, 0.25) is 0 Å². The van der Waals surface area contributed by atoms with Crippen molar-refractivity contribution in [2.75, 3.05) is 5.73 Å². The zero-order valence-electron chi connectivity index (χ0n) is 11.2. The van der Waals surface area contributed by atoms with Crippen LogP contribution in [0.4, 0.5) is 5.82 Å². The normalized spacial score (nSPS) is 9.94. The average molecular weight is 240 g/mol. The minimum absolute atomic E-state index is 0.565. The summed E-state index contributed by atoms with van der Waals surface area (Å²) in [5.41, 5.74) is 9.27. The minimum Gasteiger partial charge on any atom is -0.384 e. The van der Waals surface area contributed by atoms with Crippen LogP contribution in [0.15, 0.2) is 48.7 Å². The Kier molecular flexibility index (Phi) is 5.65. The quantitative estimate of drug-likeness (QED) is 0.818. The summed E-state index contributed by atoms with van der Waals surface area (Å²) in [6.45, 7) is 6.21. The van der Waals surface area contributed by atoms with Crippen LogP contribution >= 0.6 is 0 Å². The van der Waals surface area contributed by atoms with Crippen molar-refractivity contribution in [1.29, 1.82) is 0 Å². The summed E-state index contributed by atoms with van der Waals surface area (Å²) >= 11 is 0. The molecular weight excluding hydrogens is 220 g/mol. The highest BCUT2D eigenvalue weighted by Crippen LogP contribution is 2.04. The smallest absolute Gasteiger partial charge is 0.123 e. The molecule has 18 heavy (non-hydrogen) atoms. The lowest BCUT2D eigenvalue weighted by atomic mass is 10.1. The number of aromatic nitrogens is 1. The molecule has 0 atom stereocenters. The number of hydrogen-bond donors (Lipinski definition) is 1. The van der Waals surface area contributed by atoms with E-state index in [1.165, 1.54) is 11.1 Å². The second-order valence-corrected chi connectivity index (χ2v) is 4.10. The van der Waals surface area contributed by atoms with E-state index in [9.17, 15) is 0 Å². The molecule has 0 spiro atoms. The topological polar surface area (TPSA) is 38.9 Å². The van der Waals surface area contributed by atoms with E-state index in [4.69, 9.17) is 5.73 Å². The number of nitrogens with two attached hydrogens (primary N) is 1. The fraction of sp³-hybridized carbons (Fsp3) is 0.188. The van der Waals surface area contributed by atoms with Crippen molar-refractivity contribution in [3.05, 3.63) is 65.4 Å². The third-order valence-corrected chi connectivity index (χ3v) is 2.59. The lowest BCUT2D eigenvalue weighted by molar-refractivity contribution is 1.33. The van der Waals surface area contributed by atoms with E-state index in [0.29, 0.717) is 5.82 Å². The van der Waals surface area contributed by atoms with Crippen molar-refractivity contribution < 1.29 is 0 Å². The van der Waals surface area contributed by atoms with E-state index in [1.807, 2.05) is 31.2 Å². The molecule has 1 heterocycles.